The van der Waals surface area contributed by atoms with Crippen molar-refractivity contribution in [2.45, 2.75) is 20.4 Å². The van der Waals surface area contributed by atoms with Crippen molar-refractivity contribution in [1.29, 1.82) is 0 Å². The molecule has 0 saturated heterocycles. The molecule has 0 unspecified atom stereocenters. The SMILES string of the molecule is CCOc1ccccc1NC(=O)c1ccc(CN(c2cccc(C)c2)S(C)(=O)=O)cc1. The molecule has 0 spiro atoms. The van der Waals surface area contributed by atoms with Gasteiger partial charge in [0, 0.05) is 5.56 Å². The van der Waals surface area contributed by atoms with Gasteiger partial charge < -0.3 is 10.1 Å². The normalized spacial score (nSPS) is 11.1. The van der Waals surface area contributed by atoms with Gasteiger partial charge in [-0.15, -0.1) is 0 Å². The summed E-state index contributed by atoms with van der Waals surface area (Å²) >= 11 is 0. The number of amides is 1. The lowest BCUT2D eigenvalue weighted by Gasteiger charge is -2.23. The predicted octanol–water partition coefficient (Wildman–Crippen LogP) is 4.61. The maximum absolute atomic E-state index is 12.6. The molecule has 1 amide bonds. The third-order valence-corrected chi connectivity index (χ3v) is 5.81. The molecule has 0 aromatic heterocycles. The van der Waals surface area contributed by atoms with Crippen LogP contribution in [0.2, 0.25) is 0 Å². The molecule has 0 heterocycles. The van der Waals surface area contributed by atoms with Gasteiger partial charge in [-0.05, 0) is 61.4 Å². The topological polar surface area (TPSA) is 75.7 Å². The molecule has 0 radical (unpaired) electrons. The molecule has 3 aromatic rings. The Balaban J connectivity index is 1.77. The van der Waals surface area contributed by atoms with Crippen LogP contribution in [0.1, 0.15) is 28.4 Å². The molecule has 0 aliphatic rings. The maximum Gasteiger partial charge on any atom is 0.255 e. The number of aryl methyl sites for hydroxylation is 1. The van der Waals surface area contributed by atoms with Gasteiger partial charge in [0.15, 0.2) is 0 Å². The van der Waals surface area contributed by atoms with Crippen molar-refractivity contribution in [1.82, 2.24) is 0 Å². The second-order valence-corrected chi connectivity index (χ2v) is 9.10. The highest BCUT2D eigenvalue weighted by Gasteiger charge is 2.18. The Kier molecular flexibility index (Phi) is 6.97. The molecule has 31 heavy (non-hydrogen) atoms. The Labute approximate surface area is 183 Å². The van der Waals surface area contributed by atoms with E-state index in [2.05, 4.69) is 5.32 Å². The number of para-hydroxylation sites is 2. The minimum Gasteiger partial charge on any atom is -0.492 e. The molecule has 0 saturated carbocycles. The van der Waals surface area contributed by atoms with Crippen LogP contribution >= 0.6 is 0 Å². The first-order valence-corrected chi connectivity index (χ1v) is 11.8. The van der Waals surface area contributed by atoms with Crippen molar-refractivity contribution >= 4 is 27.3 Å². The van der Waals surface area contributed by atoms with E-state index in [4.69, 9.17) is 4.74 Å². The van der Waals surface area contributed by atoms with E-state index in [1.807, 2.05) is 44.2 Å². The van der Waals surface area contributed by atoms with Gasteiger partial charge in [0.25, 0.3) is 5.91 Å². The lowest BCUT2D eigenvalue weighted by molar-refractivity contribution is 0.102. The number of nitrogens with one attached hydrogen (secondary N) is 1. The molecular formula is C24H26N2O4S. The predicted molar refractivity (Wildman–Crippen MR) is 124 cm³/mol. The first kappa shape index (κ1) is 22.4. The van der Waals surface area contributed by atoms with E-state index in [1.165, 1.54) is 10.6 Å². The lowest BCUT2D eigenvalue weighted by atomic mass is 10.1. The highest BCUT2D eigenvalue weighted by Crippen LogP contribution is 2.25. The smallest absolute Gasteiger partial charge is 0.255 e. The molecule has 1 N–H and O–H groups in total. The van der Waals surface area contributed by atoms with Gasteiger partial charge in [0.1, 0.15) is 5.75 Å². The number of rotatable bonds is 8. The van der Waals surface area contributed by atoms with Crippen molar-refractivity contribution < 1.29 is 17.9 Å². The Morgan fingerprint density at radius 1 is 1.00 bits per heavy atom. The third-order valence-electron chi connectivity index (χ3n) is 4.67. The molecule has 0 aliphatic heterocycles. The van der Waals surface area contributed by atoms with Crippen molar-refractivity contribution in [2.24, 2.45) is 0 Å². The minimum absolute atomic E-state index is 0.178. The molecule has 0 bridgehead atoms. The molecule has 0 fully saturated rings. The summed E-state index contributed by atoms with van der Waals surface area (Å²) in [7, 11) is -3.47. The van der Waals surface area contributed by atoms with Gasteiger partial charge in [-0.2, -0.15) is 0 Å². The van der Waals surface area contributed by atoms with Crippen LogP contribution in [-0.4, -0.2) is 27.2 Å². The molecule has 0 atom stereocenters. The number of anilines is 2. The van der Waals surface area contributed by atoms with Gasteiger partial charge in [-0.1, -0.05) is 36.4 Å². The molecule has 3 rings (SSSR count). The summed E-state index contributed by atoms with van der Waals surface area (Å²) < 4.78 is 31.6. The van der Waals surface area contributed by atoms with Gasteiger partial charge in [0.05, 0.1) is 30.8 Å². The Bertz CT molecular complexity index is 1160. The molecule has 7 heteroatoms. The number of benzene rings is 3. The summed E-state index contributed by atoms with van der Waals surface area (Å²) in [6.45, 7) is 4.48. The van der Waals surface area contributed by atoms with Crippen LogP contribution in [0.5, 0.6) is 5.75 Å². The monoisotopic (exact) mass is 438 g/mol. The average Bonchev–Trinajstić information content (AvgIpc) is 2.73. The standard InChI is InChI=1S/C24H26N2O4S/c1-4-30-23-11-6-5-10-22(23)25-24(27)20-14-12-19(13-15-20)17-26(31(3,28)29)21-9-7-8-18(2)16-21/h5-16H,4,17H2,1-3H3,(H,25,27). The van der Waals surface area contributed by atoms with Crippen LogP contribution in [0.25, 0.3) is 0 Å². The Morgan fingerprint density at radius 2 is 1.71 bits per heavy atom. The van der Waals surface area contributed by atoms with Gasteiger partial charge in [-0.25, -0.2) is 8.42 Å². The fourth-order valence-corrected chi connectivity index (χ4v) is 4.04. The van der Waals surface area contributed by atoms with E-state index < -0.39 is 10.0 Å². The van der Waals surface area contributed by atoms with E-state index in [-0.39, 0.29) is 12.5 Å². The van der Waals surface area contributed by atoms with Crippen LogP contribution in [0, 0.1) is 6.92 Å². The highest BCUT2D eigenvalue weighted by atomic mass is 32.2. The number of hydrogen-bond acceptors (Lipinski definition) is 4. The van der Waals surface area contributed by atoms with E-state index >= 15 is 0 Å². The molecule has 6 nitrogen and oxygen atoms in total. The number of nitrogens with zero attached hydrogens (tertiary/aromatic N) is 1. The van der Waals surface area contributed by atoms with Crippen molar-refractivity contribution in [3.05, 3.63) is 89.5 Å². The molecule has 162 valence electrons. The summed E-state index contributed by atoms with van der Waals surface area (Å²) in [5, 5.41) is 2.86. The average molecular weight is 439 g/mol. The van der Waals surface area contributed by atoms with E-state index in [9.17, 15) is 13.2 Å². The van der Waals surface area contributed by atoms with Crippen molar-refractivity contribution in [2.75, 3.05) is 22.5 Å². The van der Waals surface area contributed by atoms with E-state index in [1.54, 1.807) is 42.5 Å². The van der Waals surface area contributed by atoms with Crippen LogP contribution in [-0.2, 0) is 16.6 Å². The lowest BCUT2D eigenvalue weighted by Crippen LogP contribution is -2.29. The molecular weight excluding hydrogens is 412 g/mol. The number of hydrogen-bond donors (Lipinski definition) is 1. The fraction of sp³-hybridized carbons (Fsp3) is 0.208. The van der Waals surface area contributed by atoms with Crippen LogP contribution in [0.4, 0.5) is 11.4 Å². The van der Waals surface area contributed by atoms with E-state index in [0.717, 1.165) is 11.1 Å². The first-order chi connectivity index (χ1) is 14.8. The van der Waals surface area contributed by atoms with Gasteiger partial charge >= 0.3 is 0 Å². The number of ether oxygens (including phenoxy) is 1. The second-order valence-electron chi connectivity index (χ2n) is 7.19. The summed E-state index contributed by atoms with van der Waals surface area (Å²) in [5.74, 6) is 0.342. The van der Waals surface area contributed by atoms with Gasteiger partial charge in [-0.3, -0.25) is 9.10 Å². The number of sulfonamides is 1. The zero-order chi connectivity index (χ0) is 22.4. The Hall–Kier alpha value is -3.32. The minimum atomic E-state index is -3.47. The Morgan fingerprint density at radius 3 is 2.35 bits per heavy atom. The first-order valence-electron chi connectivity index (χ1n) is 9.94. The van der Waals surface area contributed by atoms with Crippen molar-refractivity contribution in [3.63, 3.8) is 0 Å². The molecule has 3 aromatic carbocycles. The fourth-order valence-electron chi connectivity index (χ4n) is 3.16. The molecule has 0 aliphatic carbocycles. The zero-order valence-electron chi connectivity index (χ0n) is 17.8. The van der Waals surface area contributed by atoms with Crippen LogP contribution < -0.4 is 14.4 Å². The zero-order valence-corrected chi connectivity index (χ0v) is 18.6. The van der Waals surface area contributed by atoms with E-state index in [0.29, 0.717) is 29.3 Å². The third kappa shape index (κ3) is 5.86. The largest absolute Gasteiger partial charge is 0.492 e. The second kappa shape index (κ2) is 9.66. The quantitative estimate of drug-likeness (QED) is 0.557. The van der Waals surface area contributed by atoms with Gasteiger partial charge in [0.2, 0.25) is 10.0 Å². The summed E-state index contributed by atoms with van der Waals surface area (Å²) in [6.07, 6.45) is 1.19. The number of carbonyl (C=O) groups is 1. The summed E-state index contributed by atoms with van der Waals surface area (Å²) in [4.78, 5) is 12.6. The van der Waals surface area contributed by atoms with Crippen LogP contribution in [0.3, 0.4) is 0 Å². The summed E-state index contributed by atoms with van der Waals surface area (Å²) in [5.41, 5.74) is 3.43. The summed E-state index contributed by atoms with van der Waals surface area (Å²) in [6, 6.07) is 21.5. The highest BCUT2D eigenvalue weighted by molar-refractivity contribution is 7.92. The number of carbonyl (C=O) groups excluding carboxylic acids is 1. The van der Waals surface area contributed by atoms with Crippen LogP contribution in [0.15, 0.2) is 72.8 Å². The maximum atomic E-state index is 12.6. The van der Waals surface area contributed by atoms with Crippen molar-refractivity contribution in [3.8, 4) is 5.75 Å².